The molecule has 6 aromatic heterocycles. The zero-order valence-corrected chi connectivity index (χ0v) is 30.1. The van der Waals surface area contributed by atoms with E-state index in [-0.39, 0.29) is 0 Å². The number of H-pyrrole nitrogens is 2. The zero-order valence-electron chi connectivity index (χ0n) is 30.1. The van der Waals surface area contributed by atoms with Crippen molar-refractivity contribution >= 4 is 120 Å². The maximum Gasteiger partial charge on any atom is 0.161 e. The quantitative estimate of drug-likeness (QED) is 0.166. The predicted molar refractivity (Wildman–Crippen MR) is 230 cm³/mol. The molecule has 56 heavy (non-hydrogen) atoms. The van der Waals surface area contributed by atoms with Crippen molar-refractivity contribution in [2.75, 3.05) is 0 Å². The Bertz CT molecular complexity index is 3900. The smallest absolute Gasteiger partial charge is 0.161 e. The Balaban J connectivity index is 1.07. The number of aromatic nitrogens is 4. The highest BCUT2D eigenvalue weighted by molar-refractivity contribution is 6.39. The molecule has 0 saturated carbocycles. The van der Waals surface area contributed by atoms with Gasteiger partial charge < -0.3 is 18.8 Å². The van der Waals surface area contributed by atoms with Crippen molar-refractivity contribution in [3.8, 4) is 11.1 Å². The van der Waals surface area contributed by atoms with Gasteiger partial charge in [0.1, 0.15) is 11.1 Å². The molecule has 0 unspecified atom stereocenters. The molecule has 0 spiro atoms. The van der Waals surface area contributed by atoms with Gasteiger partial charge in [-0.2, -0.15) is 0 Å². The lowest BCUT2D eigenvalue weighted by Gasteiger charge is -2.17. The number of nitrogens with zero attached hydrogens (tertiary/aromatic N) is 2. The molecule has 1 aliphatic rings. The van der Waals surface area contributed by atoms with Crippen LogP contribution < -0.4 is 0 Å². The van der Waals surface area contributed by atoms with Crippen LogP contribution in [0.4, 0.5) is 0 Å². The number of aromatic amines is 2. The van der Waals surface area contributed by atoms with E-state index >= 15 is 0 Å². The second-order valence-corrected chi connectivity index (χ2v) is 15.7. The maximum absolute atomic E-state index is 7.10. The van der Waals surface area contributed by atoms with E-state index in [1.807, 2.05) is 30.7 Å². The minimum absolute atomic E-state index is 0.781. The third kappa shape index (κ3) is 3.62. The Kier molecular flexibility index (Phi) is 5.38. The Morgan fingerprint density at radius 1 is 0.500 bits per heavy atom. The molecule has 6 heteroatoms. The molecule has 14 rings (SSSR count). The fraction of sp³-hybridized carbons (Fsp3) is 0.0800. The largest absolute Gasteiger partial charge is 0.453 e. The third-order valence-electron chi connectivity index (χ3n) is 12.8. The summed E-state index contributed by atoms with van der Waals surface area (Å²) in [6.07, 6.45) is 10.5. The summed E-state index contributed by atoms with van der Waals surface area (Å²) in [5.74, 6) is 0. The topological polar surface area (TPSA) is 83.6 Å². The molecular formula is C50H30N4O2. The highest BCUT2D eigenvalue weighted by Gasteiger charge is 2.25. The molecule has 0 atom stereocenters. The Morgan fingerprint density at radius 2 is 1.20 bits per heavy atom. The number of fused-ring (bicyclic) bond motifs is 23. The molecule has 0 amide bonds. The fourth-order valence-corrected chi connectivity index (χ4v) is 10.4. The van der Waals surface area contributed by atoms with Gasteiger partial charge in [-0.15, -0.1) is 0 Å². The van der Waals surface area contributed by atoms with Gasteiger partial charge in [0.05, 0.1) is 16.4 Å². The summed E-state index contributed by atoms with van der Waals surface area (Å²) < 4.78 is 13.7. The Labute approximate surface area is 317 Å². The molecule has 262 valence electrons. The van der Waals surface area contributed by atoms with Gasteiger partial charge in [-0.3, -0.25) is 9.97 Å². The number of pyridine rings is 2. The van der Waals surface area contributed by atoms with Crippen LogP contribution in [-0.2, 0) is 12.8 Å². The number of nitrogens with one attached hydrogen (secondary N) is 2. The molecule has 2 N–H and O–H groups in total. The lowest BCUT2D eigenvalue weighted by Crippen LogP contribution is -2.02. The third-order valence-corrected chi connectivity index (χ3v) is 12.8. The van der Waals surface area contributed by atoms with Crippen LogP contribution in [0.5, 0.6) is 0 Å². The molecule has 0 radical (unpaired) electrons. The molecule has 7 aromatic carbocycles. The molecule has 6 heterocycles. The van der Waals surface area contributed by atoms with E-state index < -0.39 is 0 Å². The first kappa shape index (κ1) is 29.2. The van der Waals surface area contributed by atoms with Crippen molar-refractivity contribution in [3.63, 3.8) is 0 Å². The molecule has 1 aliphatic carbocycles. The summed E-state index contributed by atoms with van der Waals surface area (Å²) in [4.78, 5) is 17.2. The molecule has 0 fully saturated rings. The monoisotopic (exact) mass is 718 g/mol. The first-order valence-corrected chi connectivity index (χ1v) is 19.5. The van der Waals surface area contributed by atoms with Crippen molar-refractivity contribution in [2.24, 2.45) is 0 Å². The molecule has 6 nitrogen and oxygen atoms in total. The van der Waals surface area contributed by atoms with E-state index in [2.05, 4.69) is 101 Å². The average molecular weight is 719 g/mol. The number of benzene rings is 7. The van der Waals surface area contributed by atoms with Gasteiger partial charge in [0.2, 0.25) is 0 Å². The molecule has 13 aromatic rings. The van der Waals surface area contributed by atoms with Crippen LogP contribution in [0.15, 0.2) is 131 Å². The van der Waals surface area contributed by atoms with Crippen LogP contribution in [0.2, 0.25) is 0 Å². The molecule has 0 saturated heterocycles. The second-order valence-electron chi connectivity index (χ2n) is 15.7. The van der Waals surface area contributed by atoms with Gasteiger partial charge in [-0.05, 0) is 99.6 Å². The van der Waals surface area contributed by atoms with Crippen molar-refractivity contribution in [1.82, 2.24) is 19.9 Å². The average Bonchev–Trinajstić information content (AvgIpc) is 4.03. The van der Waals surface area contributed by atoms with E-state index in [1.54, 1.807) is 0 Å². The van der Waals surface area contributed by atoms with Crippen molar-refractivity contribution in [3.05, 3.63) is 133 Å². The minimum Gasteiger partial charge on any atom is -0.453 e. The van der Waals surface area contributed by atoms with Crippen LogP contribution in [0.3, 0.4) is 0 Å². The van der Waals surface area contributed by atoms with Crippen molar-refractivity contribution in [1.29, 1.82) is 0 Å². The highest BCUT2D eigenvalue weighted by Crippen LogP contribution is 2.48. The normalized spacial score (nSPS) is 13.8. The van der Waals surface area contributed by atoms with Crippen LogP contribution in [0, 0.1) is 0 Å². The maximum atomic E-state index is 7.10. The molecule has 0 aliphatic heterocycles. The highest BCUT2D eigenvalue weighted by atomic mass is 16.3. The summed E-state index contributed by atoms with van der Waals surface area (Å²) in [5.41, 5.74) is 13.5. The van der Waals surface area contributed by atoms with E-state index in [9.17, 15) is 0 Å². The number of furan rings is 2. The number of aryl methyl sites for hydroxylation is 2. The van der Waals surface area contributed by atoms with Crippen LogP contribution in [0.1, 0.15) is 24.0 Å². The fourth-order valence-electron chi connectivity index (χ4n) is 10.4. The Hall–Kier alpha value is -7.18. The molecular weight excluding hydrogens is 689 g/mol. The van der Waals surface area contributed by atoms with Gasteiger partial charge in [0.25, 0.3) is 0 Å². The lowest BCUT2D eigenvalue weighted by atomic mass is 9.87. The zero-order chi connectivity index (χ0) is 36.2. The number of hydrogen-bond donors (Lipinski definition) is 2. The first-order valence-electron chi connectivity index (χ1n) is 19.5. The molecule has 0 bridgehead atoms. The van der Waals surface area contributed by atoms with Gasteiger partial charge >= 0.3 is 0 Å². The van der Waals surface area contributed by atoms with E-state index in [1.165, 1.54) is 61.7 Å². The van der Waals surface area contributed by atoms with Crippen LogP contribution in [0.25, 0.3) is 131 Å². The number of rotatable bonds is 1. The standard InChI is InChI=1S/C50H30N4O2/c1-2-9-26-22-34-33(21-25(26)8-1)42-31-11-4-6-13-38(31)54-47(42)49-43(34)36-24-51-23-35(48(36)56-49)28-15-17-29-27(20-28)16-18-32-40(29)44-45-39(14-7-19-52-45)55-50(44)46-41(32)30-10-3-5-12-37(30)53-46/h3-7,10-24,53-54H,1-2,8-9H2. The predicted octanol–water partition coefficient (Wildman–Crippen LogP) is 13.5. The van der Waals surface area contributed by atoms with Gasteiger partial charge in [-0.1, -0.05) is 72.8 Å². The van der Waals surface area contributed by atoms with Crippen LogP contribution in [-0.4, -0.2) is 19.9 Å². The van der Waals surface area contributed by atoms with Crippen molar-refractivity contribution < 1.29 is 8.83 Å². The second kappa shape index (κ2) is 10.3. The van der Waals surface area contributed by atoms with Gasteiger partial charge in [0.15, 0.2) is 16.7 Å². The lowest BCUT2D eigenvalue weighted by molar-refractivity contribution is 0.671. The summed E-state index contributed by atoms with van der Waals surface area (Å²) >= 11 is 0. The summed E-state index contributed by atoms with van der Waals surface area (Å²) in [7, 11) is 0. The van der Waals surface area contributed by atoms with Gasteiger partial charge in [0, 0.05) is 72.9 Å². The van der Waals surface area contributed by atoms with E-state index in [0.29, 0.717) is 0 Å². The van der Waals surface area contributed by atoms with Crippen molar-refractivity contribution in [2.45, 2.75) is 25.7 Å². The van der Waals surface area contributed by atoms with Crippen LogP contribution >= 0.6 is 0 Å². The summed E-state index contributed by atoms with van der Waals surface area (Å²) in [6, 6.07) is 37.3. The number of para-hydroxylation sites is 2. The van der Waals surface area contributed by atoms with Gasteiger partial charge in [-0.25, -0.2) is 0 Å². The van der Waals surface area contributed by atoms with E-state index in [4.69, 9.17) is 18.8 Å². The Morgan fingerprint density at radius 3 is 1.98 bits per heavy atom. The SMILES string of the molecule is c1ccc2c(c1)[nH]c1c3oc4c(-c5ccc6c(ccc7c8c9ccccc9[nH]c8c8oc9cccnc9c8c67)c5)cncc4c3c3cc4c(cc3c21)CCCC4. The summed E-state index contributed by atoms with van der Waals surface area (Å²) in [6.45, 7) is 0. The minimum atomic E-state index is 0.781. The summed E-state index contributed by atoms with van der Waals surface area (Å²) in [5, 5.41) is 15.1. The number of hydrogen-bond acceptors (Lipinski definition) is 4. The van der Waals surface area contributed by atoms with E-state index in [0.717, 1.165) is 106 Å². The first-order chi connectivity index (χ1) is 27.8.